The molecule has 30 heavy (non-hydrogen) atoms. The minimum Gasteiger partial charge on any atom is -0.497 e. The van der Waals surface area contributed by atoms with E-state index in [1.165, 1.54) is 40.7 Å². The van der Waals surface area contributed by atoms with Gasteiger partial charge in [0, 0.05) is 23.8 Å². The van der Waals surface area contributed by atoms with E-state index in [4.69, 9.17) is 4.74 Å². The van der Waals surface area contributed by atoms with Crippen molar-refractivity contribution < 1.29 is 9.13 Å². The van der Waals surface area contributed by atoms with Gasteiger partial charge in [-0.2, -0.15) is 4.68 Å². The van der Waals surface area contributed by atoms with Crippen molar-refractivity contribution in [2.24, 2.45) is 0 Å². The molecule has 0 fully saturated rings. The molecule has 7 nitrogen and oxygen atoms in total. The van der Waals surface area contributed by atoms with Gasteiger partial charge < -0.3 is 10.1 Å². The quantitative estimate of drug-likeness (QED) is 0.454. The maximum atomic E-state index is 13.1. The van der Waals surface area contributed by atoms with Crippen LogP contribution in [0.1, 0.15) is 5.56 Å². The summed E-state index contributed by atoms with van der Waals surface area (Å²) >= 11 is 1.38. The highest BCUT2D eigenvalue weighted by Gasteiger charge is 2.15. The van der Waals surface area contributed by atoms with Crippen LogP contribution in [0, 0.1) is 5.82 Å². The molecule has 0 aliphatic rings. The van der Waals surface area contributed by atoms with Crippen molar-refractivity contribution in [3.05, 3.63) is 94.8 Å². The summed E-state index contributed by atoms with van der Waals surface area (Å²) in [7, 11) is 1.62. The average molecular weight is 423 g/mol. The first kappa shape index (κ1) is 19.7. The van der Waals surface area contributed by atoms with E-state index in [9.17, 15) is 9.18 Å². The summed E-state index contributed by atoms with van der Waals surface area (Å²) in [6.07, 6.45) is 3.50. The topological polar surface area (TPSA) is 74.0 Å². The fraction of sp³-hybridized carbons (Fsp3) is 0.0952. The highest BCUT2D eigenvalue weighted by molar-refractivity contribution is 7.98. The Kier molecular flexibility index (Phi) is 5.80. The van der Waals surface area contributed by atoms with Crippen LogP contribution in [0.15, 0.2) is 83.0 Å². The molecule has 0 atom stereocenters. The Morgan fingerprint density at radius 2 is 1.83 bits per heavy atom. The van der Waals surface area contributed by atoms with Gasteiger partial charge in [0.05, 0.1) is 7.11 Å². The molecule has 0 aliphatic heterocycles. The zero-order valence-electron chi connectivity index (χ0n) is 16.0. The number of benzene rings is 2. The SMILES string of the molecule is COc1cccc(CSc2nnc(Nc3ccc(F)cc3)c(=O)n2-n2cccc2)c1. The monoisotopic (exact) mass is 423 g/mol. The third-order valence-electron chi connectivity index (χ3n) is 4.24. The van der Waals surface area contributed by atoms with Crippen LogP contribution in [0.4, 0.5) is 15.9 Å². The molecule has 4 rings (SSSR count). The number of anilines is 2. The average Bonchev–Trinajstić information content (AvgIpc) is 3.30. The lowest BCUT2D eigenvalue weighted by molar-refractivity contribution is 0.414. The molecule has 4 aromatic rings. The second-order valence-electron chi connectivity index (χ2n) is 6.28. The zero-order valence-corrected chi connectivity index (χ0v) is 16.8. The van der Waals surface area contributed by atoms with Crippen molar-refractivity contribution in [3.8, 4) is 5.75 Å². The molecule has 0 bridgehead atoms. The van der Waals surface area contributed by atoms with Crippen LogP contribution in [0.5, 0.6) is 5.75 Å². The minimum absolute atomic E-state index is 0.0426. The first-order chi connectivity index (χ1) is 14.6. The van der Waals surface area contributed by atoms with E-state index < -0.39 is 0 Å². The van der Waals surface area contributed by atoms with Crippen molar-refractivity contribution in [3.63, 3.8) is 0 Å². The predicted octanol–water partition coefficient (Wildman–Crippen LogP) is 3.93. The Balaban J connectivity index is 1.65. The molecule has 2 aromatic heterocycles. The first-order valence-electron chi connectivity index (χ1n) is 9.06. The molecule has 0 radical (unpaired) electrons. The van der Waals surface area contributed by atoms with Crippen molar-refractivity contribution in [2.45, 2.75) is 10.9 Å². The zero-order chi connectivity index (χ0) is 20.9. The van der Waals surface area contributed by atoms with E-state index in [0.717, 1.165) is 11.3 Å². The number of nitrogens with one attached hydrogen (secondary N) is 1. The van der Waals surface area contributed by atoms with Gasteiger partial charge in [-0.25, -0.2) is 4.39 Å². The number of aromatic nitrogens is 4. The predicted molar refractivity (Wildman–Crippen MR) is 114 cm³/mol. The number of hydrogen-bond acceptors (Lipinski definition) is 6. The van der Waals surface area contributed by atoms with Gasteiger partial charge in [-0.1, -0.05) is 23.9 Å². The molecular formula is C21H18FN5O2S. The maximum Gasteiger partial charge on any atom is 0.316 e. The molecular weight excluding hydrogens is 405 g/mol. The van der Waals surface area contributed by atoms with Gasteiger partial charge in [0.25, 0.3) is 0 Å². The summed E-state index contributed by atoms with van der Waals surface area (Å²) in [6.45, 7) is 0. The number of rotatable bonds is 7. The molecule has 0 saturated carbocycles. The van der Waals surface area contributed by atoms with Crippen LogP contribution in [0.25, 0.3) is 0 Å². The van der Waals surface area contributed by atoms with E-state index in [1.807, 2.05) is 36.4 Å². The van der Waals surface area contributed by atoms with E-state index in [0.29, 0.717) is 16.6 Å². The van der Waals surface area contributed by atoms with Crippen molar-refractivity contribution in [2.75, 3.05) is 12.4 Å². The highest BCUT2D eigenvalue weighted by atomic mass is 32.2. The van der Waals surface area contributed by atoms with Crippen LogP contribution in [-0.2, 0) is 5.75 Å². The minimum atomic E-state index is -0.376. The summed E-state index contributed by atoms with van der Waals surface area (Å²) < 4.78 is 21.5. The summed E-state index contributed by atoms with van der Waals surface area (Å²) in [5.74, 6) is 1.03. The van der Waals surface area contributed by atoms with Crippen LogP contribution >= 0.6 is 11.8 Å². The Bertz CT molecular complexity index is 1190. The summed E-state index contributed by atoms with van der Waals surface area (Å²) in [5, 5.41) is 11.7. The van der Waals surface area contributed by atoms with Gasteiger partial charge in [-0.05, 0) is 54.1 Å². The number of nitrogens with zero attached hydrogens (tertiary/aromatic N) is 4. The summed E-state index contributed by atoms with van der Waals surface area (Å²) in [4.78, 5) is 13.1. The molecule has 0 spiro atoms. The van der Waals surface area contributed by atoms with Gasteiger partial charge in [-0.3, -0.25) is 9.47 Å². The third-order valence-corrected chi connectivity index (χ3v) is 5.23. The maximum absolute atomic E-state index is 13.1. The van der Waals surface area contributed by atoms with E-state index in [1.54, 1.807) is 24.2 Å². The van der Waals surface area contributed by atoms with E-state index in [-0.39, 0.29) is 17.2 Å². The van der Waals surface area contributed by atoms with Crippen molar-refractivity contribution in [1.82, 2.24) is 19.5 Å². The normalized spacial score (nSPS) is 10.7. The van der Waals surface area contributed by atoms with Crippen molar-refractivity contribution in [1.29, 1.82) is 0 Å². The molecule has 9 heteroatoms. The summed E-state index contributed by atoms with van der Waals surface area (Å²) in [6, 6.07) is 17.0. The van der Waals surface area contributed by atoms with Crippen molar-refractivity contribution >= 4 is 23.3 Å². The third kappa shape index (κ3) is 4.36. The van der Waals surface area contributed by atoms with Gasteiger partial charge in [0.2, 0.25) is 11.0 Å². The Morgan fingerprint density at radius 3 is 2.57 bits per heavy atom. The standard InChI is InChI=1S/C21H18FN5O2S/c1-29-18-6-4-5-15(13-18)14-30-21-25-24-19(23-17-9-7-16(22)8-10-17)20(28)27(21)26-11-2-3-12-26/h2-13H,14H2,1H3,(H,23,24). The van der Waals surface area contributed by atoms with Gasteiger partial charge >= 0.3 is 5.56 Å². The number of methoxy groups -OCH3 is 1. The Hall–Kier alpha value is -3.59. The molecule has 1 N–H and O–H groups in total. The smallest absolute Gasteiger partial charge is 0.316 e. The molecule has 2 aromatic carbocycles. The number of ether oxygens (including phenoxy) is 1. The van der Waals surface area contributed by atoms with Gasteiger partial charge in [-0.15, -0.1) is 10.2 Å². The number of hydrogen-bond donors (Lipinski definition) is 1. The molecule has 0 amide bonds. The molecule has 0 unspecified atom stereocenters. The highest BCUT2D eigenvalue weighted by Crippen LogP contribution is 2.23. The van der Waals surface area contributed by atoms with E-state index >= 15 is 0 Å². The Morgan fingerprint density at radius 1 is 1.07 bits per heavy atom. The fourth-order valence-corrected chi connectivity index (χ4v) is 3.65. The Labute approximate surface area is 176 Å². The number of halogens is 1. The lowest BCUT2D eigenvalue weighted by atomic mass is 10.2. The lowest BCUT2D eigenvalue weighted by Crippen LogP contribution is -2.30. The largest absolute Gasteiger partial charge is 0.497 e. The first-order valence-corrected chi connectivity index (χ1v) is 10.0. The molecule has 152 valence electrons. The second kappa shape index (κ2) is 8.83. The van der Waals surface area contributed by atoms with Gasteiger partial charge in [0.15, 0.2) is 0 Å². The van der Waals surface area contributed by atoms with Crippen LogP contribution in [0.2, 0.25) is 0 Å². The number of thioether (sulfide) groups is 1. The summed E-state index contributed by atoms with van der Waals surface area (Å²) in [5.41, 5.74) is 1.19. The fourth-order valence-electron chi connectivity index (χ4n) is 2.78. The molecule has 0 aliphatic carbocycles. The van der Waals surface area contributed by atoms with Crippen LogP contribution in [0.3, 0.4) is 0 Å². The van der Waals surface area contributed by atoms with Gasteiger partial charge in [0.1, 0.15) is 11.6 Å². The lowest BCUT2D eigenvalue weighted by Gasteiger charge is -2.14. The van der Waals surface area contributed by atoms with E-state index in [2.05, 4.69) is 15.5 Å². The van der Waals surface area contributed by atoms with Crippen LogP contribution < -0.4 is 15.6 Å². The molecule has 0 saturated heterocycles. The van der Waals surface area contributed by atoms with Crippen LogP contribution in [-0.4, -0.2) is 26.7 Å². The second-order valence-corrected chi connectivity index (χ2v) is 7.23. The molecule has 2 heterocycles.